The van der Waals surface area contributed by atoms with Crippen LogP contribution in [0.25, 0.3) is 0 Å². The fourth-order valence-electron chi connectivity index (χ4n) is 4.52. The Morgan fingerprint density at radius 2 is 1.94 bits per heavy atom. The highest BCUT2D eigenvalue weighted by atomic mass is 16.5. The van der Waals surface area contributed by atoms with E-state index in [1.807, 2.05) is 37.1 Å². The number of guanidine groups is 1. The van der Waals surface area contributed by atoms with Crippen molar-refractivity contribution in [1.29, 1.82) is 0 Å². The minimum atomic E-state index is -0.401. The van der Waals surface area contributed by atoms with Crippen LogP contribution in [0.4, 0.5) is 10.5 Å². The van der Waals surface area contributed by atoms with Crippen LogP contribution in [0, 0.1) is 0 Å². The largest absolute Gasteiger partial charge is 0.494 e. The maximum absolute atomic E-state index is 12.5. The number of aliphatic imine (C=N–C) groups is 1. The summed E-state index contributed by atoms with van der Waals surface area (Å²) >= 11 is 0. The summed E-state index contributed by atoms with van der Waals surface area (Å²) < 4.78 is 11.0. The molecule has 1 aliphatic carbocycles. The van der Waals surface area contributed by atoms with E-state index >= 15 is 0 Å². The normalized spacial score (nSPS) is 15.4. The van der Waals surface area contributed by atoms with Crippen molar-refractivity contribution in [2.24, 2.45) is 4.99 Å². The molecule has 0 saturated heterocycles. The smallest absolute Gasteiger partial charge is 0.325 e. The van der Waals surface area contributed by atoms with Gasteiger partial charge >= 0.3 is 12.0 Å². The molecular weight excluding hydrogens is 462 g/mol. The first-order valence-corrected chi connectivity index (χ1v) is 13.0. The summed E-state index contributed by atoms with van der Waals surface area (Å²) in [5.74, 6) is 0.734. The molecule has 2 aliphatic rings. The highest BCUT2D eigenvalue weighted by molar-refractivity contribution is 5.99. The second kappa shape index (κ2) is 13.7. The number of carbonyl (C=O) groups is 3. The third-order valence-electron chi connectivity index (χ3n) is 6.45. The molecule has 3 rings (SSSR count). The van der Waals surface area contributed by atoms with Gasteiger partial charge in [-0.3, -0.25) is 14.9 Å². The van der Waals surface area contributed by atoms with E-state index in [0.29, 0.717) is 50.0 Å². The first kappa shape index (κ1) is 27.3. The molecular formula is C26H39N5O5. The number of rotatable bonds is 10. The van der Waals surface area contributed by atoms with Crippen molar-refractivity contribution in [3.05, 3.63) is 23.8 Å². The minimum absolute atomic E-state index is 0.0414. The zero-order chi connectivity index (χ0) is 25.9. The van der Waals surface area contributed by atoms with Gasteiger partial charge in [0, 0.05) is 38.2 Å². The quantitative estimate of drug-likeness (QED) is 0.376. The molecule has 1 aliphatic heterocycles. The van der Waals surface area contributed by atoms with Crippen LogP contribution < -0.4 is 15.4 Å². The van der Waals surface area contributed by atoms with Crippen LogP contribution in [0.15, 0.2) is 23.2 Å². The molecule has 1 aromatic rings. The molecule has 1 fully saturated rings. The number of hydrogen-bond donors (Lipinski definition) is 2. The van der Waals surface area contributed by atoms with E-state index in [-0.39, 0.29) is 25.0 Å². The van der Waals surface area contributed by atoms with Gasteiger partial charge < -0.3 is 24.6 Å². The molecule has 1 aromatic carbocycles. The highest BCUT2D eigenvalue weighted by Gasteiger charge is 2.25. The Morgan fingerprint density at radius 1 is 1.17 bits per heavy atom. The molecule has 198 valence electrons. The first-order chi connectivity index (χ1) is 17.4. The van der Waals surface area contributed by atoms with Crippen LogP contribution in [0.5, 0.6) is 5.75 Å². The lowest BCUT2D eigenvalue weighted by atomic mass is 9.94. The van der Waals surface area contributed by atoms with Gasteiger partial charge in [0.15, 0.2) is 0 Å². The number of fused-ring (bicyclic) bond motifs is 1. The Bertz CT molecular complexity index is 945. The van der Waals surface area contributed by atoms with E-state index in [1.165, 1.54) is 19.3 Å². The zero-order valence-corrected chi connectivity index (χ0v) is 21.7. The summed E-state index contributed by atoms with van der Waals surface area (Å²) in [7, 11) is 1.92. The van der Waals surface area contributed by atoms with Crippen molar-refractivity contribution in [3.8, 4) is 5.75 Å². The maximum Gasteiger partial charge on any atom is 0.325 e. The Hall–Kier alpha value is -3.30. The second-order valence-corrected chi connectivity index (χ2v) is 9.12. The lowest BCUT2D eigenvalue weighted by Gasteiger charge is -2.31. The monoisotopic (exact) mass is 501 g/mol. The zero-order valence-electron chi connectivity index (χ0n) is 21.7. The summed E-state index contributed by atoms with van der Waals surface area (Å²) in [6.45, 7) is 5.06. The molecule has 3 amide bonds. The lowest BCUT2D eigenvalue weighted by molar-refractivity contribution is -0.143. The van der Waals surface area contributed by atoms with Crippen LogP contribution in [0.2, 0.25) is 0 Å². The van der Waals surface area contributed by atoms with E-state index in [4.69, 9.17) is 9.47 Å². The Labute approximate surface area is 213 Å². The van der Waals surface area contributed by atoms with E-state index in [0.717, 1.165) is 18.4 Å². The lowest BCUT2D eigenvalue weighted by Crippen LogP contribution is -2.50. The molecule has 0 unspecified atom stereocenters. The Balaban J connectivity index is 1.57. The predicted octanol–water partition coefficient (Wildman–Crippen LogP) is 3.32. The molecule has 10 nitrogen and oxygen atoms in total. The number of nitrogens with zero attached hydrogens (tertiary/aromatic N) is 3. The predicted molar refractivity (Wildman–Crippen MR) is 137 cm³/mol. The third-order valence-corrected chi connectivity index (χ3v) is 6.45. The number of hydrogen-bond acceptors (Lipinski definition) is 7. The maximum atomic E-state index is 12.5. The summed E-state index contributed by atoms with van der Waals surface area (Å²) in [5, 5.41) is 5.38. The van der Waals surface area contributed by atoms with Crippen molar-refractivity contribution in [2.45, 2.75) is 71.4 Å². The van der Waals surface area contributed by atoms with Crippen molar-refractivity contribution < 1.29 is 23.9 Å². The third kappa shape index (κ3) is 7.86. The number of esters is 1. The van der Waals surface area contributed by atoms with Gasteiger partial charge in [0.2, 0.25) is 11.9 Å². The molecule has 0 atom stereocenters. The van der Waals surface area contributed by atoms with Crippen LogP contribution >= 0.6 is 0 Å². The van der Waals surface area contributed by atoms with Gasteiger partial charge in [-0.2, -0.15) is 0 Å². The van der Waals surface area contributed by atoms with E-state index < -0.39 is 12.0 Å². The van der Waals surface area contributed by atoms with Gasteiger partial charge in [0.25, 0.3) is 0 Å². The number of nitrogens with one attached hydrogen (secondary N) is 2. The fourth-order valence-corrected chi connectivity index (χ4v) is 4.52. The molecule has 10 heteroatoms. The topological polar surface area (TPSA) is 113 Å². The van der Waals surface area contributed by atoms with E-state index in [2.05, 4.69) is 15.6 Å². The fraction of sp³-hybridized carbons (Fsp3) is 0.615. The number of amides is 3. The van der Waals surface area contributed by atoms with Crippen LogP contribution in [-0.4, -0.2) is 73.1 Å². The van der Waals surface area contributed by atoms with Crippen LogP contribution in [-0.2, 0) is 20.9 Å². The number of benzene rings is 1. The van der Waals surface area contributed by atoms with Crippen LogP contribution in [0.1, 0.15) is 64.4 Å². The van der Waals surface area contributed by atoms with Crippen LogP contribution in [0.3, 0.4) is 0 Å². The Kier molecular flexibility index (Phi) is 10.4. The molecule has 0 bridgehead atoms. The second-order valence-electron chi connectivity index (χ2n) is 9.12. The standard InChI is InChI=1S/C26H39N5O5/c1-4-27-26(34)29-25-28-22-14-13-21(16-19(22)17-31(25)18-24(33)35-5-2)36-15-9-12-23(32)30(3)20-10-7-6-8-11-20/h13-14,16,20H,4-12,15,17-18H2,1-3H3,(H2,27,28,29,34). The number of ether oxygens (including phenoxy) is 2. The van der Waals surface area contributed by atoms with Crippen molar-refractivity contribution >= 4 is 29.6 Å². The van der Waals surface area contributed by atoms with Gasteiger partial charge in [0.05, 0.1) is 18.9 Å². The van der Waals surface area contributed by atoms with Gasteiger partial charge in [0.1, 0.15) is 12.3 Å². The van der Waals surface area contributed by atoms with Crippen molar-refractivity contribution in [2.75, 3.05) is 33.4 Å². The summed E-state index contributed by atoms with van der Waals surface area (Å²) in [6.07, 6.45) is 6.98. The molecule has 2 N–H and O–H groups in total. The van der Waals surface area contributed by atoms with Crippen molar-refractivity contribution in [3.63, 3.8) is 0 Å². The number of carbonyl (C=O) groups excluding carboxylic acids is 3. The molecule has 0 aromatic heterocycles. The number of urea groups is 1. The average Bonchev–Trinajstić information content (AvgIpc) is 2.87. The SMILES string of the molecule is CCNC(=O)NC1=Nc2ccc(OCCCC(=O)N(C)C3CCCCC3)cc2CN1CC(=O)OCC. The first-order valence-electron chi connectivity index (χ1n) is 13.0. The highest BCUT2D eigenvalue weighted by Crippen LogP contribution is 2.30. The Morgan fingerprint density at radius 3 is 2.67 bits per heavy atom. The molecule has 1 saturated carbocycles. The van der Waals surface area contributed by atoms with Gasteiger partial charge in [-0.25, -0.2) is 9.79 Å². The average molecular weight is 502 g/mol. The van der Waals surface area contributed by atoms with E-state index in [9.17, 15) is 14.4 Å². The van der Waals surface area contributed by atoms with Gasteiger partial charge in [-0.05, 0) is 51.3 Å². The summed E-state index contributed by atoms with van der Waals surface area (Å²) in [6, 6.07) is 5.52. The van der Waals surface area contributed by atoms with E-state index in [1.54, 1.807) is 11.8 Å². The summed E-state index contributed by atoms with van der Waals surface area (Å²) in [4.78, 5) is 44.9. The molecule has 1 heterocycles. The van der Waals surface area contributed by atoms with Gasteiger partial charge in [-0.1, -0.05) is 19.3 Å². The molecule has 0 radical (unpaired) electrons. The van der Waals surface area contributed by atoms with Crippen molar-refractivity contribution in [1.82, 2.24) is 20.4 Å². The summed E-state index contributed by atoms with van der Waals surface area (Å²) in [5.41, 5.74) is 1.56. The van der Waals surface area contributed by atoms with Gasteiger partial charge in [-0.15, -0.1) is 0 Å². The molecule has 36 heavy (non-hydrogen) atoms. The molecule has 0 spiro atoms. The minimum Gasteiger partial charge on any atom is -0.494 e.